The van der Waals surface area contributed by atoms with Crippen LogP contribution in [0.3, 0.4) is 0 Å². The summed E-state index contributed by atoms with van der Waals surface area (Å²) >= 11 is 0. The second kappa shape index (κ2) is 12.8. The molecule has 25 heavy (non-hydrogen) atoms. The van der Waals surface area contributed by atoms with Crippen LogP contribution in [0.15, 0.2) is 12.3 Å². The van der Waals surface area contributed by atoms with E-state index >= 15 is 0 Å². The molecule has 0 bridgehead atoms. The molecule has 0 unspecified atom stereocenters. The predicted molar refractivity (Wildman–Crippen MR) is 108 cm³/mol. The van der Waals surface area contributed by atoms with Crippen molar-refractivity contribution in [3.63, 3.8) is 0 Å². The molecule has 0 fully saturated rings. The molecule has 6 nitrogen and oxygen atoms in total. The largest absolute Gasteiger partial charge is 0.331 e. The molecule has 7 heteroatoms. The summed E-state index contributed by atoms with van der Waals surface area (Å²) in [5.41, 5.74) is 2.00. The topological polar surface area (TPSA) is 47.1 Å². The van der Waals surface area contributed by atoms with Gasteiger partial charge in [-0.25, -0.2) is 9.59 Å². The van der Waals surface area contributed by atoms with Crippen LogP contribution < -0.4 is 0 Å². The summed E-state index contributed by atoms with van der Waals surface area (Å²) in [5.74, 6) is 0. The number of hydrogen-bond donors (Lipinski definition) is 0. The Morgan fingerprint density at radius 3 is 1.44 bits per heavy atom. The molecule has 0 saturated heterocycles. The molecule has 146 valence electrons. The summed E-state index contributed by atoms with van der Waals surface area (Å²) in [7, 11) is 5.66. The van der Waals surface area contributed by atoms with Crippen molar-refractivity contribution in [3.8, 4) is 0 Å². The lowest BCUT2D eigenvalue weighted by Crippen LogP contribution is -2.50. The number of unbranched alkanes of at least 4 members (excludes halogenated alkanes) is 2. The molecule has 0 aliphatic rings. The van der Waals surface area contributed by atoms with Gasteiger partial charge in [0.25, 0.3) is 0 Å². The van der Waals surface area contributed by atoms with Crippen molar-refractivity contribution in [2.45, 2.75) is 39.5 Å². The number of carbonyl (C=O) groups excluding carboxylic acids is 2. The lowest BCUT2D eigenvalue weighted by molar-refractivity contribution is 0.174. The molecule has 0 aromatic rings. The number of amides is 4. The Morgan fingerprint density at radius 2 is 1.20 bits per heavy atom. The third-order valence-corrected chi connectivity index (χ3v) is 6.60. The molecule has 0 radical (unpaired) electrons. The van der Waals surface area contributed by atoms with Crippen molar-refractivity contribution in [3.05, 3.63) is 12.3 Å². The summed E-state index contributed by atoms with van der Waals surface area (Å²) in [5, 5.41) is 0. The molecule has 0 aliphatic carbocycles. The molecule has 0 atom stereocenters. The number of hydrogen-bond acceptors (Lipinski definition) is 2. The highest BCUT2D eigenvalue weighted by molar-refractivity contribution is 6.64. The van der Waals surface area contributed by atoms with Gasteiger partial charge in [-0.2, -0.15) is 0 Å². The van der Waals surface area contributed by atoms with Crippen LogP contribution in [0.5, 0.6) is 0 Å². The van der Waals surface area contributed by atoms with Crippen LogP contribution in [0.2, 0.25) is 0 Å². The van der Waals surface area contributed by atoms with Gasteiger partial charge in [0, 0.05) is 53.6 Å². The van der Waals surface area contributed by atoms with Crippen LogP contribution in [-0.2, 0) is 0 Å². The maximum atomic E-state index is 12.5. The number of urea groups is 2. The van der Waals surface area contributed by atoms with Crippen LogP contribution in [0.25, 0.3) is 0 Å². The number of rotatable bonds is 11. The Hall–Kier alpha value is -1.50. The zero-order chi connectivity index (χ0) is 19.4. The fourth-order valence-electron chi connectivity index (χ4n) is 2.57. The van der Waals surface area contributed by atoms with Crippen LogP contribution in [0.4, 0.5) is 9.59 Å². The van der Waals surface area contributed by atoms with Gasteiger partial charge in [0.15, 0.2) is 0 Å². The van der Waals surface area contributed by atoms with Gasteiger partial charge >= 0.3 is 12.1 Å². The molecule has 4 amide bonds. The first-order valence-corrected chi connectivity index (χ1v) is 11.6. The van der Waals surface area contributed by atoms with Crippen molar-refractivity contribution in [2.24, 2.45) is 0 Å². The Kier molecular flexibility index (Phi) is 12.0. The minimum Gasteiger partial charge on any atom is -0.331 e. The van der Waals surface area contributed by atoms with Crippen molar-refractivity contribution < 1.29 is 9.59 Å². The highest BCUT2D eigenvalue weighted by Gasteiger charge is 2.24. The highest BCUT2D eigenvalue weighted by Crippen LogP contribution is 2.06. The fraction of sp³-hybridized carbons (Fsp3) is 0.778. The van der Waals surface area contributed by atoms with Crippen molar-refractivity contribution in [1.82, 2.24) is 19.6 Å². The van der Waals surface area contributed by atoms with E-state index in [4.69, 9.17) is 0 Å². The first kappa shape index (κ1) is 23.5. The molecule has 0 rings (SSSR count). The Balaban J connectivity index is 5.06. The van der Waals surface area contributed by atoms with E-state index in [9.17, 15) is 9.59 Å². The van der Waals surface area contributed by atoms with Crippen LogP contribution in [-0.4, -0.2) is 94.1 Å². The maximum absolute atomic E-state index is 12.5. The molecule has 0 heterocycles. The van der Waals surface area contributed by atoms with Gasteiger partial charge < -0.3 is 19.6 Å². The summed E-state index contributed by atoms with van der Waals surface area (Å²) in [4.78, 5) is 32.0. The minimum absolute atomic E-state index is 0.0480. The normalized spacial score (nSPS) is 10.5. The molecule has 0 aromatic heterocycles. The average Bonchev–Trinajstić information content (AvgIpc) is 2.58. The van der Waals surface area contributed by atoms with E-state index in [2.05, 4.69) is 20.4 Å². The zero-order valence-electron chi connectivity index (χ0n) is 17.1. The molecule has 0 aliphatic heterocycles. The van der Waals surface area contributed by atoms with Gasteiger partial charge in [-0.15, -0.1) is 12.3 Å². The van der Waals surface area contributed by atoms with Crippen molar-refractivity contribution in [2.75, 3.05) is 53.6 Å². The first-order valence-electron chi connectivity index (χ1n) is 9.33. The van der Waals surface area contributed by atoms with Crippen LogP contribution >= 0.6 is 0 Å². The summed E-state index contributed by atoms with van der Waals surface area (Å²) in [6.45, 7) is 9.78. The van der Waals surface area contributed by atoms with Gasteiger partial charge in [-0.3, -0.25) is 0 Å². The number of carbonyl (C=O) groups is 2. The van der Waals surface area contributed by atoms with E-state index in [1.165, 1.54) is 0 Å². The lowest BCUT2D eigenvalue weighted by atomic mass is 10.3. The number of nitrogens with zero attached hydrogens (tertiary/aromatic N) is 4. The Bertz CT molecular complexity index is 382. The van der Waals surface area contributed by atoms with Crippen LogP contribution in [0, 0.1) is 0 Å². The lowest BCUT2D eigenvalue weighted by Gasteiger charge is -2.32. The summed E-state index contributed by atoms with van der Waals surface area (Å²) < 4.78 is 0. The molecule has 0 N–H and O–H groups in total. The second-order valence-corrected chi connectivity index (χ2v) is 9.67. The third-order valence-electron chi connectivity index (χ3n) is 4.11. The smallest absolute Gasteiger partial charge is 0.319 e. The molecular weight excluding hydrogens is 332 g/mol. The quantitative estimate of drug-likeness (QED) is 0.525. The molecule has 0 aromatic carbocycles. The van der Waals surface area contributed by atoms with Crippen molar-refractivity contribution in [1.29, 1.82) is 0 Å². The predicted octanol–water partition coefficient (Wildman–Crippen LogP) is 2.58. The maximum Gasteiger partial charge on any atom is 0.319 e. The third kappa shape index (κ3) is 8.95. The van der Waals surface area contributed by atoms with E-state index in [1.54, 1.807) is 38.0 Å². The van der Waals surface area contributed by atoms with Gasteiger partial charge in [-0.05, 0) is 12.8 Å². The van der Waals surface area contributed by atoms with Gasteiger partial charge in [0.2, 0.25) is 0 Å². The minimum atomic E-state index is -1.49. The van der Waals surface area contributed by atoms with E-state index in [0.29, 0.717) is 0 Å². The Morgan fingerprint density at radius 1 is 0.840 bits per heavy atom. The molecule has 0 spiro atoms. The summed E-state index contributed by atoms with van der Waals surface area (Å²) in [6.07, 6.45) is 5.55. The molecular formula is C18H38N4O2Si. The van der Waals surface area contributed by atoms with E-state index in [0.717, 1.165) is 51.1 Å². The van der Waals surface area contributed by atoms with Gasteiger partial charge in [-0.1, -0.05) is 26.7 Å². The van der Waals surface area contributed by atoms with E-state index < -0.39 is 8.80 Å². The first-order chi connectivity index (χ1) is 11.8. The monoisotopic (exact) mass is 370 g/mol. The standard InChI is InChI=1S/C18H38N4O2Si/c1-8-11-13-21(17(23)19(4)5)15-25(10-3)16-22(14-12-9-2)18(24)20(6)7/h10,25H,3,8-9,11-16H2,1-2,4-7H3. The van der Waals surface area contributed by atoms with Gasteiger partial charge in [0.05, 0.1) is 0 Å². The van der Waals surface area contributed by atoms with E-state index in [1.807, 2.05) is 15.5 Å². The van der Waals surface area contributed by atoms with E-state index in [-0.39, 0.29) is 12.1 Å². The zero-order valence-corrected chi connectivity index (χ0v) is 18.3. The second-order valence-electron chi connectivity index (χ2n) is 6.95. The highest BCUT2D eigenvalue weighted by atomic mass is 28.3. The average molecular weight is 371 g/mol. The van der Waals surface area contributed by atoms with Crippen molar-refractivity contribution >= 4 is 20.9 Å². The fourth-order valence-corrected chi connectivity index (χ4v) is 4.79. The SMILES string of the molecule is C=C[SiH](CN(CCCC)C(=O)N(C)C)CN(CCCC)C(=O)N(C)C. The molecule has 0 saturated carbocycles. The van der Waals surface area contributed by atoms with Crippen LogP contribution in [0.1, 0.15) is 39.5 Å². The van der Waals surface area contributed by atoms with Gasteiger partial charge in [0.1, 0.15) is 8.80 Å². The Labute approximate surface area is 156 Å². The summed E-state index contributed by atoms with van der Waals surface area (Å²) in [6, 6.07) is 0.0960.